The zero-order valence-electron chi connectivity index (χ0n) is 13.6. The largest absolute Gasteiger partial charge is 0.356 e. The summed E-state index contributed by atoms with van der Waals surface area (Å²) < 4.78 is 0. The molecule has 3 nitrogen and oxygen atoms in total. The number of anilines is 1. The van der Waals surface area contributed by atoms with Crippen molar-refractivity contribution >= 4 is 5.82 Å². The maximum atomic E-state index is 5.99. The molecule has 0 atom stereocenters. The van der Waals surface area contributed by atoms with E-state index in [0.29, 0.717) is 12.0 Å². The second-order valence-electron chi connectivity index (χ2n) is 6.83. The van der Waals surface area contributed by atoms with Gasteiger partial charge in [0, 0.05) is 30.9 Å². The molecule has 1 aliphatic carbocycles. The first-order valence-electron chi connectivity index (χ1n) is 8.68. The number of pyridine rings is 1. The van der Waals surface area contributed by atoms with E-state index in [4.69, 9.17) is 10.7 Å². The number of rotatable bonds is 4. The van der Waals surface area contributed by atoms with Gasteiger partial charge in [-0.1, -0.05) is 26.7 Å². The molecule has 0 bridgehead atoms. The average Bonchev–Trinajstić information content (AvgIpc) is 3.01. The lowest BCUT2D eigenvalue weighted by Crippen LogP contribution is -2.40. The van der Waals surface area contributed by atoms with E-state index in [9.17, 15) is 0 Å². The Hall–Kier alpha value is -1.09. The standard InChI is InChI=1S/C18H29N3/c1-3-18(4-2)8-10-21(11-9-18)17-15(13-19)12-14-6-5-7-16(14)20-17/h12H,3-11,13,19H2,1-2H3. The van der Waals surface area contributed by atoms with Crippen LogP contribution >= 0.6 is 0 Å². The molecule has 1 aromatic rings. The van der Waals surface area contributed by atoms with Crippen molar-refractivity contribution in [1.82, 2.24) is 4.98 Å². The average molecular weight is 287 g/mol. The molecule has 2 heterocycles. The van der Waals surface area contributed by atoms with E-state index >= 15 is 0 Å². The SMILES string of the molecule is CCC1(CC)CCN(c2nc3c(cc2CN)CCC3)CC1. The maximum absolute atomic E-state index is 5.99. The summed E-state index contributed by atoms with van der Waals surface area (Å²) in [5.74, 6) is 1.18. The first-order valence-corrected chi connectivity index (χ1v) is 8.68. The first-order chi connectivity index (χ1) is 10.2. The van der Waals surface area contributed by atoms with Crippen molar-refractivity contribution in [3.8, 4) is 0 Å². The number of fused-ring (bicyclic) bond motifs is 1. The van der Waals surface area contributed by atoms with Gasteiger partial charge >= 0.3 is 0 Å². The molecule has 1 fully saturated rings. The molecule has 0 amide bonds. The number of aryl methyl sites for hydroxylation is 2. The molecule has 1 saturated heterocycles. The topological polar surface area (TPSA) is 42.2 Å². The molecular weight excluding hydrogens is 258 g/mol. The molecule has 0 saturated carbocycles. The Labute approximate surface area is 128 Å². The van der Waals surface area contributed by atoms with Crippen LogP contribution in [0.4, 0.5) is 5.82 Å². The van der Waals surface area contributed by atoms with Gasteiger partial charge in [0.25, 0.3) is 0 Å². The van der Waals surface area contributed by atoms with Gasteiger partial charge in [0.2, 0.25) is 0 Å². The van der Waals surface area contributed by atoms with Crippen LogP contribution in [0.5, 0.6) is 0 Å². The highest BCUT2D eigenvalue weighted by molar-refractivity contribution is 5.51. The number of nitrogens with zero attached hydrogens (tertiary/aromatic N) is 2. The Bertz CT molecular complexity index is 495. The third kappa shape index (κ3) is 2.68. The van der Waals surface area contributed by atoms with Crippen LogP contribution in [0, 0.1) is 5.41 Å². The Morgan fingerprint density at radius 2 is 1.90 bits per heavy atom. The van der Waals surface area contributed by atoms with Crippen molar-refractivity contribution in [2.24, 2.45) is 11.1 Å². The Balaban J connectivity index is 1.82. The predicted molar refractivity (Wildman–Crippen MR) is 88.6 cm³/mol. The van der Waals surface area contributed by atoms with E-state index in [0.717, 1.165) is 19.5 Å². The van der Waals surface area contributed by atoms with E-state index in [1.165, 1.54) is 61.2 Å². The van der Waals surface area contributed by atoms with Crippen molar-refractivity contribution in [2.45, 2.75) is 65.3 Å². The Kier molecular flexibility index (Phi) is 4.21. The summed E-state index contributed by atoms with van der Waals surface area (Å²) in [6.07, 6.45) is 8.78. The molecule has 2 aliphatic rings. The van der Waals surface area contributed by atoms with Gasteiger partial charge in [0.1, 0.15) is 5.82 Å². The van der Waals surface area contributed by atoms with Crippen LogP contribution in [-0.2, 0) is 19.4 Å². The lowest BCUT2D eigenvalue weighted by atomic mass is 9.74. The molecule has 21 heavy (non-hydrogen) atoms. The molecule has 116 valence electrons. The molecule has 1 aliphatic heterocycles. The highest BCUT2D eigenvalue weighted by Crippen LogP contribution is 2.39. The zero-order chi connectivity index (χ0) is 14.9. The molecule has 0 radical (unpaired) electrons. The van der Waals surface area contributed by atoms with Crippen LogP contribution in [0.25, 0.3) is 0 Å². The highest BCUT2D eigenvalue weighted by atomic mass is 15.2. The molecule has 0 spiro atoms. The number of nitrogens with two attached hydrogens (primary N) is 1. The summed E-state index contributed by atoms with van der Waals surface area (Å²) in [4.78, 5) is 7.48. The molecule has 1 aromatic heterocycles. The predicted octanol–water partition coefficient (Wildman–Crippen LogP) is 3.44. The van der Waals surface area contributed by atoms with Crippen molar-refractivity contribution in [3.63, 3.8) is 0 Å². The van der Waals surface area contributed by atoms with Crippen LogP contribution in [-0.4, -0.2) is 18.1 Å². The minimum absolute atomic E-state index is 0.566. The Morgan fingerprint density at radius 1 is 1.19 bits per heavy atom. The van der Waals surface area contributed by atoms with Crippen molar-refractivity contribution < 1.29 is 0 Å². The van der Waals surface area contributed by atoms with E-state index in [2.05, 4.69) is 24.8 Å². The van der Waals surface area contributed by atoms with Gasteiger partial charge in [0.05, 0.1) is 0 Å². The van der Waals surface area contributed by atoms with Gasteiger partial charge in [-0.3, -0.25) is 0 Å². The highest BCUT2D eigenvalue weighted by Gasteiger charge is 2.32. The van der Waals surface area contributed by atoms with Crippen molar-refractivity contribution in [3.05, 3.63) is 22.9 Å². The van der Waals surface area contributed by atoms with E-state index < -0.39 is 0 Å². The van der Waals surface area contributed by atoms with Crippen LogP contribution in [0.3, 0.4) is 0 Å². The number of aromatic nitrogens is 1. The molecule has 0 unspecified atom stereocenters. The van der Waals surface area contributed by atoms with Crippen molar-refractivity contribution in [1.29, 1.82) is 0 Å². The van der Waals surface area contributed by atoms with Gasteiger partial charge in [-0.05, 0) is 49.1 Å². The third-order valence-electron chi connectivity index (χ3n) is 5.95. The summed E-state index contributed by atoms with van der Waals surface area (Å²) in [7, 11) is 0. The van der Waals surface area contributed by atoms with Crippen LogP contribution < -0.4 is 10.6 Å². The van der Waals surface area contributed by atoms with E-state index in [1.807, 2.05) is 0 Å². The summed E-state index contributed by atoms with van der Waals surface area (Å²) in [6.45, 7) is 7.58. The molecule has 2 N–H and O–H groups in total. The van der Waals surface area contributed by atoms with Crippen LogP contribution in [0.2, 0.25) is 0 Å². The normalized spacial score (nSPS) is 20.6. The minimum atomic E-state index is 0.566. The fourth-order valence-corrected chi connectivity index (χ4v) is 4.08. The lowest BCUT2D eigenvalue weighted by molar-refractivity contribution is 0.199. The summed E-state index contributed by atoms with van der Waals surface area (Å²) in [5, 5.41) is 0. The van der Waals surface area contributed by atoms with Gasteiger partial charge in [-0.25, -0.2) is 4.98 Å². The molecular formula is C18H29N3. The fourth-order valence-electron chi connectivity index (χ4n) is 4.08. The van der Waals surface area contributed by atoms with Gasteiger partial charge in [-0.15, -0.1) is 0 Å². The van der Waals surface area contributed by atoms with Gasteiger partial charge in [0.15, 0.2) is 0 Å². The summed E-state index contributed by atoms with van der Waals surface area (Å²) >= 11 is 0. The fraction of sp³-hybridized carbons (Fsp3) is 0.722. The molecule has 0 aromatic carbocycles. The Morgan fingerprint density at radius 3 is 2.52 bits per heavy atom. The minimum Gasteiger partial charge on any atom is -0.356 e. The summed E-state index contributed by atoms with van der Waals surface area (Å²) in [6, 6.07) is 2.33. The van der Waals surface area contributed by atoms with Gasteiger partial charge in [-0.2, -0.15) is 0 Å². The second-order valence-corrected chi connectivity index (χ2v) is 6.83. The second kappa shape index (κ2) is 5.96. The number of hydrogen-bond acceptors (Lipinski definition) is 3. The third-order valence-corrected chi connectivity index (χ3v) is 5.95. The van der Waals surface area contributed by atoms with Crippen LogP contribution in [0.1, 0.15) is 62.8 Å². The monoisotopic (exact) mass is 287 g/mol. The number of piperidine rings is 1. The first kappa shape index (κ1) is 14.8. The molecule has 3 rings (SSSR count). The van der Waals surface area contributed by atoms with E-state index in [1.54, 1.807) is 0 Å². The smallest absolute Gasteiger partial charge is 0.133 e. The summed E-state index contributed by atoms with van der Waals surface area (Å²) in [5.41, 5.74) is 10.6. The maximum Gasteiger partial charge on any atom is 0.133 e. The van der Waals surface area contributed by atoms with Gasteiger partial charge < -0.3 is 10.6 Å². The van der Waals surface area contributed by atoms with Crippen molar-refractivity contribution in [2.75, 3.05) is 18.0 Å². The number of hydrogen-bond donors (Lipinski definition) is 1. The quantitative estimate of drug-likeness (QED) is 0.922. The van der Waals surface area contributed by atoms with E-state index in [-0.39, 0.29) is 0 Å². The van der Waals surface area contributed by atoms with Crippen LogP contribution in [0.15, 0.2) is 6.07 Å². The molecule has 3 heteroatoms. The zero-order valence-corrected chi connectivity index (χ0v) is 13.6. The lowest BCUT2D eigenvalue weighted by Gasteiger charge is -2.42.